The van der Waals surface area contributed by atoms with E-state index in [-0.39, 0.29) is 0 Å². The first kappa shape index (κ1) is 12.4. The zero-order chi connectivity index (χ0) is 11.8. The third-order valence-corrected chi connectivity index (χ3v) is 2.36. The van der Waals surface area contributed by atoms with E-state index in [0.717, 1.165) is 18.8 Å². The topological polar surface area (TPSA) is 24.5 Å². The van der Waals surface area contributed by atoms with Crippen molar-refractivity contribution in [3.63, 3.8) is 0 Å². The standard InChI is InChI=1S/C13H18N2O/c1-4-9-14-10-11-15(2)12-5-7-13(16-3)8-6-12/h1,5-8,14H,9-11H2,2-3H3. The number of likely N-dealkylation sites (N-methyl/N-ethyl adjacent to an activating group) is 1. The van der Waals surface area contributed by atoms with Crippen molar-refractivity contribution in [2.45, 2.75) is 0 Å². The van der Waals surface area contributed by atoms with Crippen molar-refractivity contribution in [1.82, 2.24) is 5.32 Å². The van der Waals surface area contributed by atoms with Crippen LogP contribution in [-0.4, -0.2) is 33.8 Å². The summed E-state index contributed by atoms with van der Waals surface area (Å²) < 4.78 is 5.11. The van der Waals surface area contributed by atoms with Gasteiger partial charge in [0.25, 0.3) is 0 Å². The molecule has 0 aliphatic heterocycles. The van der Waals surface area contributed by atoms with Gasteiger partial charge in [-0.05, 0) is 24.3 Å². The summed E-state index contributed by atoms with van der Waals surface area (Å²) >= 11 is 0. The largest absolute Gasteiger partial charge is 0.497 e. The molecule has 0 saturated heterocycles. The Bertz CT molecular complexity index is 340. The maximum absolute atomic E-state index is 5.15. The second kappa shape index (κ2) is 6.76. The van der Waals surface area contributed by atoms with Gasteiger partial charge in [-0.25, -0.2) is 0 Å². The summed E-state index contributed by atoms with van der Waals surface area (Å²) in [6.07, 6.45) is 5.15. The van der Waals surface area contributed by atoms with Crippen molar-refractivity contribution in [2.75, 3.05) is 38.7 Å². The number of nitrogens with one attached hydrogen (secondary N) is 1. The Hall–Kier alpha value is -1.66. The molecule has 86 valence electrons. The molecule has 0 unspecified atom stereocenters. The van der Waals surface area contributed by atoms with E-state index >= 15 is 0 Å². The average Bonchev–Trinajstić information content (AvgIpc) is 2.34. The first-order valence-electron chi connectivity index (χ1n) is 5.27. The lowest BCUT2D eigenvalue weighted by molar-refractivity contribution is 0.415. The van der Waals surface area contributed by atoms with Gasteiger partial charge in [-0.15, -0.1) is 6.42 Å². The van der Waals surface area contributed by atoms with Gasteiger partial charge in [0, 0.05) is 25.8 Å². The molecule has 0 amide bonds. The number of benzene rings is 1. The van der Waals surface area contributed by atoms with Gasteiger partial charge in [-0.3, -0.25) is 0 Å². The lowest BCUT2D eigenvalue weighted by Crippen LogP contribution is -2.29. The second-order valence-electron chi connectivity index (χ2n) is 3.50. The summed E-state index contributed by atoms with van der Waals surface area (Å²) in [7, 11) is 3.72. The fourth-order valence-corrected chi connectivity index (χ4v) is 1.37. The molecule has 0 radical (unpaired) electrons. The van der Waals surface area contributed by atoms with Crippen LogP contribution in [-0.2, 0) is 0 Å². The summed E-state index contributed by atoms with van der Waals surface area (Å²) in [5.74, 6) is 3.43. The van der Waals surface area contributed by atoms with E-state index in [0.29, 0.717) is 6.54 Å². The Balaban J connectivity index is 2.40. The van der Waals surface area contributed by atoms with Gasteiger partial charge in [0.2, 0.25) is 0 Å². The number of hydrogen-bond donors (Lipinski definition) is 1. The smallest absolute Gasteiger partial charge is 0.119 e. The number of ether oxygens (including phenoxy) is 1. The van der Waals surface area contributed by atoms with E-state index in [1.807, 2.05) is 24.3 Å². The maximum Gasteiger partial charge on any atom is 0.119 e. The molecular weight excluding hydrogens is 200 g/mol. The van der Waals surface area contributed by atoms with Crippen LogP contribution in [0.3, 0.4) is 0 Å². The van der Waals surface area contributed by atoms with Crippen LogP contribution in [0, 0.1) is 12.3 Å². The molecule has 0 heterocycles. The minimum atomic E-state index is 0.621. The number of terminal acetylenes is 1. The molecule has 0 aliphatic carbocycles. The Labute approximate surface area is 97.4 Å². The van der Waals surface area contributed by atoms with Crippen molar-refractivity contribution in [2.24, 2.45) is 0 Å². The monoisotopic (exact) mass is 218 g/mol. The van der Waals surface area contributed by atoms with E-state index in [4.69, 9.17) is 11.2 Å². The van der Waals surface area contributed by atoms with E-state index in [1.54, 1.807) is 7.11 Å². The molecular formula is C13H18N2O. The maximum atomic E-state index is 5.15. The zero-order valence-corrected chi connectivity index (χ0v) is 9.86. The molecule has 1 rings (SSSR count). The molecule has 3 heteroatoms. The molecule has 0 fully saturated rings. The summed E-state index contributed by atoms with van der Waals surface area (Å²) in [6, 6.07) is 8.00. The van der Waals surface area contributed by atoms with Gasteiger partial charge < -0.3 is 15.0 Å². The number of methoxy groups -OCH3 is 1. The van der Waals surface area contributed by atoms with Crippen LogP contribution < -0.4 is 15.0 Å². The molecule has 16 heavy (non-hydrogen) atoms. The van der Waals surface area contributed by atoms with Crippen LogP contribution in [0.15, 0.2) is 24.3 Å². The quantitative estimate of drug-likeness (QED) is 0.576. The van der Waals surface area contributed by atoms with Crippen LogP contribution in [0.1, 0.15) is 0 Å². The Morgan fingerprint density at radius 3 is 2.62 bits per heavy atom. The minimum Gasteiger partial charge on any atom is -0.497 e. The van der Waals surface area contributed by atoms with Crippen LogP contribution >= 0.6 is 0 Å². The lowest BCUT2D eigenvalue weighted by Gasteiger charge is -2.19. The highest BCUT2D eigenvalue weighted by molar-refractivity contribution is 5.48. The van der Waals surface area contributed by atoms with E-state index in [1.165, 1.54) is 5.69 Å². The molecule has 0 bridgehead atoms. The number of nitrogens with zero attached hydrogens (tertiary/aromatic N) is 1. The Morgan fingerprint density at radius 1 is 1.38 bits per heavy atom. The van der Waals surface area contributed by atoms with Gasteiger partial charge in [-0.1, -0.05) is 5.92 Å². The lowest BCUT2D eigenvalue weighted by atomic mass is 10.3. The van der Waals surface area contributed by atoms with Crippen molar-refractivity contribution < 1.29 is 4.74 Å². The molecule has 0 spiro atoms. The van der Waals surface area contributed by atoms with Crippen LogP contribution in [0.5, 0.6) is 5.75 Å². The van der Waals surface area contributed by atoms with Crippen molar-refractivity contribution >= 4 is 5.69 Å². The van der Waals surface area contributed by atoms with Gasteiger partial charge in [0.1, 0.15) is 5.75 Å². The first-order chi connectivity index (χ1) is 7.77. The predicted molar refractivity (Wildman–Crippen MR) is 68.0 cm³/mol. The molecule has 1 aromatic rings. The van der Waals surface area contributed by atoms with Crippen LogP contribution in [0.2, 0.25) is 0 Å². The second-order valence-corrected chi connectivity index (χ2v) is 3.50. The average molecular weight is 218 g/mol. The van der Waals surface area contributed by atoms with Crippen molar-refractivity contribution in [3.05, 3.63) is 24.3 Å². The van der Waals surface area contributed by atoms with E-state index in [2.05, 4.69) is 23.2 Å². The molecule has 1 aromatic carbocycles. The first-order valence-corrected chi connectivity index (χ1v) is 5.27. The van der Waals surface area contributed by atoms with Gasteiger partial charge in [0.05, 0.1) is 13.7 Å². The third-order valence-electron chi connectivity index (χ3n) is 2.36. The predicted octanol–water partition coefficient (Wildman–Crippen LogP) is 1.35. The highest BCUT2D eigenvalue weighted by atomic mass is 16.5. The molecule has 0 saturated carbocycles. The summed E-state index contributed by atoms with van der Waals surface area (Å²) in [5, 5.41) is 3.16. The zero-order valence-electron chi connectivity index (χ0n) is 9.86. The van der Waals surface area contributed by atoms with Crippen molar-refractivity contribution in [3.8, 4) is 18.1 Å². The Kier molecular flexibility index (Phi) is 5.24. The highest BCUT2D eigenvalue weighted by Gasteiger charge is 1.99. The molecule has 1 N–H and O–H groups in total. The van der Waals surface area contributed by atoms with E-state index < -0.39 is 0 Å². The number of anilines is 1. The van der Waals surface area contributed by atoms with Gasteiger partial charge in [-0.2, -0.15) is 0 Å². The number of hydrogen-bond acceptors (Lipinski definition) is 3. The fourth-order valence-electron chi connectivity index (χ4n) is 1.37. The fraction of sp³-hybridized carbons (Fsp3) is 0.385. The summed E-state index contributed by atoms with van der Waals surface area (Å²) in [4.78, 5) is 2.17. The number of rotatable bonds is 6. The van der Waals surface area contributed by atoms with Gasteiger partial charge in [0.15, 0.2) is 0 Å². The normalized spacial score (nSPS) is 9.56. The minimum absolute atomic E-state index is 0.621. The molecule has 0 atom stereocenters. The summed E-state index contributed by atoms with van der Waals surface area (Å²) in [5.41, 5.74) is 1.17. The third kappa shape index (κ3) is 3.84. The Morgan fingerprint density at radius 2 is 2.06 bits per heavy atom. The SMILES string of the molecule is C#CCNCCN(C)c1ccc(OC)cc1. The molecule has 0 aromatic heterocycles. The van der Waals surface area contributed by atoms with Gasteiger partial charge >= 0.3 is 0 Å². The summed E-state index contributed by atoms with van der Waals surface area (Å²) in [6.45, 7) is 2.43. The molecule has 0 aliphatic rings. The van der Waals surface area contributed by atoms with Crippen LogP contribution in [0.25, 0.3) is 0 Å². The van der Waals surface area contributed by atoms with Crippen molar-refractivity contribution in [1.29, 1.82) is 0 Å². The highest BCUT2D eigenvalue weighted by Crippen LogP contribution is 2.17. The van der Waals surface area contributed by atoms with Crippen LogP contribution in [0.4, 0.5) is 5.69 Å². The molecule has 3 nitrogen and oxygen atoms in total. The van der Waals surface area contributed by atoms with E-state index in [9.17, 15) is 0 Å².